The zero-order valence-electron chi connectivity index (χ0n) is 16.3. The van der Waals surface area contributed by atoms with Crippen molar-refractivity contribution in [3.05, 3.63) is 58.7 Å². The van der Waals surface area contributed by atoms with Crippen molar-refractivity contribution >= 4 is 27.7 Å². The highest BCUT2D eigenvalue weighted by atomic mass is 79.9. The van der Waals surface area contributed by atoms with Crippen molar-refractivity contribution in [1.82, 2.24) is 29.9 Å². The average Bonchev–Trinajstić information content (AvgIpc) is 3.25. The van der Waals surface area contributed by atoms with Crippen molar-refractivity contribution in [2.24, 2.45) is 0 Å². The van der Waals surface area contributed by atoms with E-state index in [9.17, 15) is 4.79 Å². The molecule has 1 saturated heterocycles. The van der Waals surface area contributed by atoms with Gasteiger partial charge in [-0.05, 0) is 66.4 Å². The van der Waals surface area contributed by atoms with E-state index in [0.29, 0.717) is 17.9 Å². The van der Waals surface area contributed by atoms with E-state index in [1.165, 1.54) is 0 Å². The lowest BCUT2D eigenvalue weighted by atomic mass is 9.96. The van der Waals surface area contributed by atoms with Gasteiger partial charge >= 0.3 is 0 Å². The summed E-state index contributed by atoms with van der Waals surface area (Å²) < 4.78 is 2.52. The van der Waals surface area contributed by atoms with Crippen molar-refractivity contribution in [1.29, 1.82) is 0 Å². The number of rotatable bonds is 4. The molecule has 0 radical (unpaired) electrons. The molecule has 1 aliphatic heterocycles. The van der Waals surface area contributed by atoms with E-state index in [2.05, 4.69) is 48.5 Å². The molecule has 4 heterocycles. The molecule has 1 N–H and O–H groups in total. The van der Waals surface area contributed by atoms with Crippen LogP contribution in [0.3, 0.4) is 0 Å². The highest BCUT2D eigenvalue weighted by Crippen LogP contribution is 2.24. The van der Waals surface area contributed by atoms with Crippen LogP contribution < -0.4 is 5.32 Å². The Labute approximate surface area is 177 Å². The summed E-state index contributed by atoms with van der Waals surface area (Å²) in [5.74, 6) is 0.703. The minimum absolute atomic E-state index is 0.00611. The van der Waals surface area contributed by atoms with Crippen molar-refractivity contribution in [3.8, 4) is 5.69 Å². The standard InChI is InChI=1S/C20H22BrN7O/c1-13-10-17(28-9-7-24-26-28)19(23-11-13)20(29)27-8-3-4-16(14(27)2)25-18-6-5-15(21)12-22-18/h5-7,9-12,14,16H,3-4,8H2,1-2H3,(H,22,25)/t14-,16+/m0/s1. The van der Waals surface area contributed by atoms with Gasteiger partial charge in [-0.1, -0.05) is 5.21 Å². The van der Waals surface area contributed by atoms with E-state index in [-0.39, 0.29) is 18.0 Å². The van der Waals surface area contributed by atoms with Gasteiger partial charge in [-0.25, -0.2) is 14.6 Å². The van der Waals surface area contributed by atoms with E-state index in [1.54, 1.807) is 29.5 Å². The van der Waals surface area contributed by atoms with Crippen molar-refractivity contribution in [2.45, 2.75) is 38.8 Å². The van der Waals surface area contributed by atoms with Crippen molar-refractivity contribution < 1.29 is 4.79 Å². The van der Waals surface area contributed by atoms with Crippen LogP contribution in [0.15, 0.2) is 47.5 Å². The molecular weight excluding hydrogens is 434 g/mol. The van der Waals surface area contributed by atoms with Crippen LogP contribution in [-0.2, 0) is 0 Å². The van der Waals surface area contributed by atoms with E-state index in [1.807, 2.05) is 30.0 Å². The molecule has 0 bridgehead atoms. The number of hydrogen-bond acceptors (Lipinski definition) is 6. The van der Waals surface area contributed by atoms with Gasteiger partial charge in [0, 0.05) is 35.5 Å². The van der Waals surface area contributed by atoms with Crippen molar-refractivity contribution in [2.75, 3.05) is 11.9 Å². The summed E-state index contributed by atoms with van der Waals surface area (Å²) in [7, 11) is 0. The minimum Gasteiger partial charge on any atom is -0.365 e. The van der Waals surface area contributed by atoms with Crippen molar-refractivity contribution in [3.63, 3.8) is 0 Å². The van der Waals surface area contributed by atoms with Gasteiger partial charge in [-0.2, -0.15) is 0 Å². The zero-order valence-corrected chi connectivity index (χ0v) is 17.9. The molecular formula is C20H22BrN7O. The number of hydrogen-bond donors (Lipinski definition) is 1. The van der Waals surface area contributed by atoms with E-state index in [0.717, 1.165) is 28.7 Å². The van der Waals surface area contributed by atoms with Gasteiger partial charge in [0.1, 0.15) is 5.82 Å². The average molecular weight is 456 g/mol. The quantitative estimate of drug-likeness (QED) is 0.649. The second-order valence-electron chi connectivity index (χ2n) is 7.22. The van der Waals surface area contributed by atoms with Gasteiger partial charge in [0.15, 0.2) is 5.69 Å². The molecule has 4 rings (SSSR count). The Morgan fingerprint density at radius 2 is 2.14 bits per heavy atom. The molecule has 2 atom stereocenters. The Kier molecular flexibility index (Phi) is 5.57. The Morgan fingerprint density at radius 1 is 1.28 bits per heavy atom. The van der Waals surface area contributed by atoms with Gasteiger partial charge in [-0.15, -0.1) is 5.10 Å². The largest absolute Gasteiger partial charge is 0.365 e. The fraction of sp³-hybridized carbons (Fsp3) is 0.350. The molecule has 8 nitrogen and oxygen atoms in total. The number of halogens is 1. The summed E-state index contributed by atoms with van der Waals surface area (Å²) in [5.41, 5.74) is 1.99. The predicted octanol–water partition coefficient (Wildman–Crippen LogP) is 3.23. The third kappa shape index (κ3) is 4.14. The highest BCUT2D eigenvalue weighted by molar-refractivity contribution is 9.10. The predicted molar refractivity (Wildman–Crippen MR) is 113 cm³/mol. The second kappa shape index (κ2) is 8.28. The number of carbonyl (C=O) groups excluding carboxylic acids is 1. The summed E-state index contributed by atoms with van der Waals surface area (Å²) >= 11 is 3.40. The Hall–Kier alpha value is -2.81. The second-order valence-corrected chi connectivity index (χ2v) is 8.14. The summed E-state index contributed by atoms with van der Waals surface area (Å²) in [6, 6.07) is 5.90. The van der Waals surface area contributed by atoms with E-state index in [4.69, 9.17) is 0 Å². The summed E-state index contributed by atoms with van der Waals surface area (Å²) in [6.07, 6.45) is 8.67. The maximum atomic E-state index is 13.4. The van der Waals surface area contributed by atoms with Gasteiger partial charge in [0.25, 0.3) is 5.91 Å². The number of nitrogens with zero attached hydrogens (tertiary/aromatic N) is 6. The molecule has 9 heteroatoms. The first kappa shape index (κ1) is 19.5. The van der Waals surface area contributed by atoms with Crippen LogP contribution in [0.2, 0.25) is 0 Å². The Morgan fingerprint density at radius 3 is 2.86 bits per heavy atom. The highest BCUT2D eigenvalue weighted by Gasteiger charge is 2.33. The number of carbonyl (C=O) groups is 1. The van der Waals surface area contributed by atoms with E-state index >= 15 is 0 Å². The van der Waals surface area contributed by atoms with Gasteiger partial charge < -0.3 is 10.2 Å². The van der Waals surface area contributed by atoms with Gasteiger partial charge in [0.2, 0.25) is 0 Å². The first-order chi connectivity index (χ1) is 14.0. The number of piperidine rings is 1. The minimum atomic E-state index is -0.0988. The fourth-order valence-corrected chi connectivity index (χ4v) is 3.87. The molecule has 1 aliphatic rings. The number of anilines is 1. The lowest BCUT2D eigenvalue weighted by Crippen LogP contribution is -2.52. The molecule has 0 unspecified atom stereocenters. The molecule has 3 aromatic rings. The van der Waals surface area contributed by atoms with Crippen LogP contribution in [0.25, 0.3) is 5.69 Å². The van der Waals surface area contributed by atoms with Crippen LogP contribution in [0.1, 0.15) is 35.8 Å². The molecule has 1 amide bonds. The topological polar surface area (TPSA) is 88.8 Å². The van der Waals surface area contributed by atoms with Crippen LogP contribution in [0.4, 0.5) is 5.82 Å². The fourth-order valence-electron chi connectivity index (χ4n) is 3.64. The normalized spacial score (nSPS) is 19.2. The number of aromatic nitrogens is 5. The summed E-state index contributed by atoms with van der Waals surface area (Å²) in [5, 5.41) is 11.4. The molecule has 0 saturated carbocycles. The number of amides is 1. The maximum absolute atomic E-state index is 13.4. The third-order valence-electron chi connectivity index (χ3n) is 5.19. The van der Waals surface area contributed by atoms with Crippen LogP contribution in [0.5, 0.6) is 0 Å². The molecule has 150 valence electrons. The first-order valence-corrected chi connectivity index (χ1v) is 10.3. The SMILES string of the molecule is Cc1cnc(C(=O)N2CCC[C@@H](Nc3ccc(Br)cn3)[C@@H]2C)c(-n2ccnn2)c1. The Balaban J connectivity index is 1.58. The zero-order chi connectivity index (χ0) is 20.4. The van der Waals surface area contributed by atoms with E-state index < -0.39 is 0 Å². The molecule has 29 heavy (non-hydrogen) atoms. The van der Waals surface area contributed by atoms with Gasteiger partial charge in [0.05, 0.1) is 18.1 Å². The number of nitrogens with one attached hydrogen (secondary N) is 1. The number of pyridine rings is 2. The number of aryl methyl sites for hydroxylation is 1. The lowest BCUT2D eigenvalue weighted by Gasteiger charge is -2.40. The lowest BCUT2D eigenvalue weighted by molar-refractivity contribution is 0.0610. The van der Waals surface area contributed by atoms with Gasteiger partial charge in [-0.3, -0.25) is 4.79 Å². The van der Waals surface area contributed by atoms with Crippen LogP contribution in [0, 0.1) is 6.92 Å². The monoisotopic (exact) mass is 455 g/mol. The maximum Gasteiger partial charge on any atom is 0.275 e. The molecule has 0 spiro atoms. The molecule has 1 fully saturated rings. The summed E-state index contributed by atoms with van der Waals surface area (Å²) in [4.78, 5) is 24.2. The smallest absolute Gasteiger partial charge is 0.275 e. The third-order valence-corrected chi connectivity index (χ3v) is 5.65. The van der Waals surface area contributed by atoms with Crippen LogP contribution in [-0.4, -0.2) is 54.4 Å². The first-order valence-electron chi connectivity index (χ1n) is 9.55. The summed E-state index contributed by atoms with van der Waals surface area (Å²) in [6.45, 7) is 4.70. The number of likely N-dealkylation sites (tertiary alicyclic amines) is 1. The molecule has 0 aliphatic carbocycles. The van der Waals surface area contributed by atoms with Crippen LogP contribution >= 0.6 is 15.9 Å². The Bertz CT molecular complexity index is 991. The molecule has 0 aromatic carbocycles. The molecule has 3 aromatic heterocycles.